The summed E-state index contributed by atoms with van der Waals surface area (Å²) in [5.41, 5.74) is -0.395. The lowest BCUT2D eigenvalue weighted by Crippen LogP contribution is -2.07. The number of methoxy groups -OCH3 is 1. The fourth-order valence-corrected chi connectivity index (χ4v) is 2.15. The van der Waals surface area contributed by atoms with Gasteiger partial charge in [-0.1, -0.05) is 12.6 Å². The van der Waals surface area contributed by atoms with Gasteiger partial charge in [0.25, 0.3) is 0 Å². The van der Waals surface area contributed by atoms with Gasteiger partial charge in [-0.05, 0) is 48.5 Å². The first-order chi connectivity index (χ1) is 18.6. The fraction of sp³-hybridized carbons (Fsp3) is 0.136. The molecule has 8 nitrogen and oxygen atoms in total. The van der Waals surface area contributed by atoms with Crippen molar-refractivity contribution in [3.05, 3.63) is 73.1 Å². The molecule has 3 aromatic rings. The normalized spacial score (nSPS) is 15.3. The highest BCUT2D eigenvalue weighted by atomic mass is 19.1. The van der Waals surface area contributed by atoms with Gasteiger partial charge < -0.3 is 25.4 Å². The highest BCUT2D eigenvalue weighted by Crippen LogP contribution is 2.23. The van der Waals surface area contributed by atoms with E-state index in [4.69, 9.17) is 17.1 Å². The summed E-state index contributed by atoms with van der Waals surface area (Å²) in [7, 11) is -2.78. The molecule has 0 unspecified atom stereocenters. The number of hydrogen-bond acceptors (Lipinski definition) is 7. The number of nitrogens with zero attached hydrogens (tertiary/aromatic N) is 2. The summed E-state index contributed by atoms with van der Waals surface area (Å²) in [6, 6.07) is 3.30. The molecule has 160 valence electrons. The molecule has 0 atom stereocenters. The first-order valence-corrected chi connectivity index (χ1v) is 8.63. The highest BCUT2D eigenvalue weighted by molar-refractivity contribution is 5.99. The third-order valence-corrected chi connectivity index (χ3v) is 3.48. The summed E-state index contributed by atoms with van der Waals surface area (Å²) < 4.78 is 92.9. The van der Waals surface area contributed by atoms with E-state index in [0.29, 0.717) is 5.69 Å². The molecule has 3 N–H and O–H groups in total. The molecule has 31 heavy (non-hydrogen) atoms. The van der Waals surface area contributed by atoms with Crippen LogP contribution in [0.3, 0.4) is 0 Å². The van der Waals surface area contributed by atoms with Gasteiger partial charge in [0, 0.05) is 24.1 Å². The van der Waals surface area contributed by atoms with E-state index >= 15 is 0 Å². The highest BCUT2D eigenvalue weighted by Gasteiger charge is 2.09. The number of hydrogen-bond donors (Lipinski definition) is 3. The Bertz CT molecular complexity index is 1420. The molecule has 1 heterocycles. The number of anilines is 5. The number of rotatable bonds is 10. The van der Waals surface area contributed by atoms with Crippen LogP contribution >= 0.6 is 0 Å². The van der Waals surface area contributed by atoms with Gasteiger partial charge in [-0.3, -0.25) is 4.79 Å². The quantitative estimate of drug-likeness (QED) is 0.412. The Morgan fingerprint density at radius 1 is 1.29 bits per heavy atom. The zero-order chi connectivity index (χ0) is 29.8. The Hall–Kier alpha value is -3.98. The van der Waals surface area contributed by atoms with Gasteiger partial charge >= 0.3 is 0 Å². The maximum absolute atomic E-state index is 14.5. The Balaban J connectivity index is 1.80. The van der Waals surface area contributed by atoms with Crippen molar-refractivity contribution < 1.29 is 31.0 Å². The number of halogens is 1. The van der Waals surface area contributed by atoms with E-state index in [1.54, 1.807) is 0 Å². The molecule has 2 aromatic carbocycles. The standard InChI is InChI=1S/C22H22FN5O3/c1-3-20(29)25-16-5-4-6-17(13-16)26-21-19(23)14-24-22(28-21)27-15-7-9-18(10-8-15)31-12-11-30-2/h3-10,13-14H,1,11-12H2,2H3,(H,25,29)(H2,24,26,27,28)/i2D3,4D,5D,6D,12D2,13D. The molecular formula is C22H22FN5O3. The molecule has 1 amide bonds. The second-order valence-electron chi connectivity index (χ2n) is 5.64. The molecule has 0 spiro atoms. The van der Waals surface area contributed by atoms with Crippen LogP contribution in [0.25, 0.3) is 0 Å². The van der Waals surface area contributed by atoms with Crippen molar-refractivity contribution in [3.63, 3.8) is 0 Å². The minimum absolute atomic E-state index is 0.0569. The van der Waals surface area contributed by atoms with E-state index in [9.17, 15) is 9.18 Å². The Morgan fingerprint density at radius 3 is 2.87 bits per heavy atom. The van der Waals surface area contributed by atoms with Gasteiger partial charge in [-0.25, -0.2) is 9.37 Å². The number of benzene rings is 2. The van der Waals surface area contributed by atoms with Crippen molar-refractivity contribution in [2.75, 3.05) is 36.2 Å². The van der Waals surface area contributed by atoms with E-state index < -0.39 is 61.9 Å². The third-order valence-electron chi connectivity index (χ3n) is 3.48. The van der Waals surface area contributed by atoms with Gasteiger partial charge in [-0.15, -0.1) is 0 Å². The molecule has 0 saturated carbocycles. The molecule has 0 aliphatic rings. The molecule has 0 saturated heterocycles. The Morgan fingerprint density at radius 2 is 2.10 bits per heavy atom. The molecular weight excluding hydrogens is 401 g/mol. The van der Waals surface area contributed by atoms with Crippen LogP contribution in [-0.2, 0) is 9.53 Å². The predicted octanol–water partition coefficient (Wildman–Crippen LogP) is 4.25. The van der Waals surface area contributed by atoms with Crippen molar-refractivity contribution >= 4 is 34.7 Å². The van der Waals surface area contributed by atoms with Gasteiger partial charge in [0.1, 0.15) is 12.3 Å². The van der Waals surface area contributed by atoms with Crippen LogP contribution in [0.1, 0.15) is 12.3 Å². The average Bonchev–Trinajstić information content (AvgIpc) is 2.89. The summed E-state index contributed by atoms with van der Waals surface area (Å²) in [6.45, 7) is 0.0188. The summed E-state index contributed by atoms with van der Waals surface area (Å²) in [6.07, 6.45) is 1.71. The zero-order valence-corrected chi connectivity index (χ0v) is 15.9. The molecule has 0 bridgehead atoms. The second-order valence-corrected chi connectivity index (χ2v) is 5.64. The topological polar surface area (TPSA) is 97.4 Å². The third kappa shape index (κ3) is 6.51. The second kappa shape index (κ2) is 10.7. The van der Waals surface area contributed by atoms with Gasteiger partial charge in [0.05, 0.1) is 25.1 Å². The largest absolute Gasteiger partial charge is 0.491 e. The van der Waals surface area contributed by atoms with Crippen LogP contribution < -0.4 is 20.7 Å². The van der Waals surface area contributed by atoms with Crippen molar-refractivity contribution in [1.82, 2.24) is 9.97 Å². The first kappa shape index (κ1) is 12.7. The lowest BCUT2D eigenvalue weighted by atomic mass is 10.2. The molecule has 0 aliphatic heterocycles. The number of carbonyl (C=O) groups is 1. The van der Waals surface area contributed by atoms with E-state index in [1.807, 2.05) is 0 Å². The fourth-order valence-electron chi connectivity index (χ4n) is 2.15. The average molecular weight is 433 g/mol. The summed E-state index contributed by atoms with van der Waals surface area (Å²) in [4.78, 5) is 19.5. The van der Waals surface area contributed by atoms with Crippen molar-refractivity contribution in [3.8, 4) is 5.75 Å². The van der Waals surface area contributed by atoms with Crippen LogP contribution in [0.4, 0.5) is 33.2 Å². The maximum Gasteiger partial charge on any atom is 0.247 e. The smallest absolute Gasteiger partial charge is 0.247 e. The number of nitrogens with one attached hydrogen (secondary N) is 3. The minimum Gasteiger partial charge on any atom is -0.491 e. The predicted molar refractivity (Wildman–Crippen MR) is 118 cm³/mol. The molecule has 3 rings (SSSR count). The lowest BCUT2D eigenvalue weighted by molar-refractivity contribution is -0.111. The van der Waals surface area contributed by atoms with Gasteiger partial charge in [0.2, 0.25) is 11.9 Å². The van der Waals surface area contributed by atoms with E-state index in [1.165, 1.54) is 24.3 Å². The molecule has 0 aliphatic carbocycles. The van der Waals surface area contributed by atoms with Crippen molar-refractivity contribution in [2.45, 2.75) is 0 Å². The van der Waals surface area contributed by atoms with Crippen molar-refractivity contribution in [1.29, 1.82) is 0 Å². The van der Waals surface area contributed by atoms with Crippen molar-refractivity contribution in [2.24, 2.45) is 0 Å². The van der Waals surface area contributed by atoms with Gasteiger partial charge in [-0.2, -0.15) is 4.98 Å². The summed E-state index contributed by atoms with van der Waals surface area (Å²) in [5.74, 6) is -2.25. The Labute approximate surface area is 191 Å². The number of carbonyl (C=O) groups excluding carboxylic acids is 1. The minimum atomic E-state index is -2.78. The monoisotopic (exact) mass is 432 g/mol. The van der Waals surface area contributed by atoms with Crippen LogP contribution in [0, 0.1) is 5.82 Å². The van der Waals surface area contributed by atoms with Crippen LogP contribution in [0.15, 0.2) is 67.3 Å². The number of amides is 1. The summed E-state index contributed by atoms with van der Waals surface area (Å²) >= 11 is 0. The molecule has 9 heteroatoms. The van der Waals surface area contributed by atoms with Gasteiger partial charge in [0.15, 0.2) is 11.6 Å². The molecule has 1 aromatic heterocycles. The van der Waals surface area contributed by atoms with Crippen LogP contribution in [0.2, 0.25) is 0 Å². The number of ether oxygens (including phenoxy) is 2. The molecule has 0 radical (unpaired) electrons. The molecule has 0 fully saturated rings. The SMILES string of the molecule is [2H]c1c([2H])c(NC(=O)C=C)c([2H])c(Nc2nc(Nc3ccc(OC([2H])([2H])COC([2H])([2H])[2H])cc3)ncc2F)c1[2H]. The van der Waals surface area contributed by atoms with Crippen LogP contribution in [-0.4, -0.2) is 36.1 Å². The van der Waals surface area contributed by atoms with E-state index in [0.717, 1.165) is 12.3 Å². The first-order valence-electron chi connectivity index (χ1n) is 13.1. The maximum atomic E-state index is 14.5. The summed E-state index contributed by atoms with van der Waals surface area (Å²) in [5, 5.41) is 7.47. The zero-order valence-electron chi connectivity index (χ0n) is 24.9. The van der Waals surface area contributed by atoms with E-state index in [-0.39, 0.29) is 23.1 Å². The van der Waals surface area contributed by atoms with Crippen LogP contribution in [0.5, 0.6) is 5.75 Å². The number of aromatic nitrogens is 2. The Kier molecular flexibility index (Phi) is 4.37. The lowest BCUT2D eigenvalue weighted by Gasteiger charge is -2.11. The van der Waals surface area contributed by atoms with E-state index in [2.05, 4.69) is 37.2 Å².